The Labute approximate surface area is 349 Å². The number of carbonyl (C=O) groups excluding carboxylic acids is 1. The number of phosphoric acid groups is 1. The molecule has 0 rings (SSSR count). The highest BCUT2D eigenvalue weighted by Crippen LogP contribution is 2.43. The van der Waals surface area contributed by atoms with E-state index < -0.39 is 20.0 Å². The number of unbranched alkanes of at least 4 members (excludes halogenated alkanes) is 32. The monoisotopic (exact) mass is 818 g/mol. The molecule has 0 fully saturated rings. The van der Waals surface area contributed by atoms with Crippen molar-refractivity contribution in [2.45, 2.75) is 257 Å². The molecule has 0 aromatic rings. The molecule has 0 aromatic heterocycles. The lowest BCUT2D eigenvalue weighted by molar-refractivity contribution is -0.870. The molecule has 0 aromatic carbocycles. The first-order valence-corrected chi connectivity index (χ1v) is 25.9. The van der Waals surface area contributed by atoms with Gasteiger partial charge in [0, 0.05) is 6.42 Å². The minimum atomic E-state index is -4.31. The van der Waals surface area contributed by atoms with E-state index in [0.717, 1.165) is 38.5 Å². The summed E-state index contributed by atoms with van der Waals surface area (Å²) in [6, 6.07) is -0.752. The zero-order valence-corrected chi connectivity index (χ0v) is 39.0. The molecule has 0 aliphatic heterocycles. The van der Waals surface area contributed by atoms with Crippen LogP contribution in [0.5, 0.6) is 0 Å². The van der Waals surface area contributed by atoms with Crippen LogP contribution >= 0.6 is 7.82 Å². The smallest absolute Gasteiger partial charge is 0.391 e. The molecule has 3 unspecified atom stereocenters. The summed E-state index contributed by atoms with van der Waals surface area (Å²) < 4.78 is 23.6. The van der Waals surface area contributed by atoms with Gasteiger partial charge in [-0.05, 0) is 12.8 Å². The lowest BCUT2D eigenvalue weighted by Gasteiger charge is -2.26. The van der Waals surface area contributed by atoms with Gasteiger partial charge in [0.15, 0.2) is 0 Å². The van der Waals surface area contributed by atoms with E-state index in [0.29, 0.717) is 23.9 Å². The average molecular weight is 818 g/mol. The van der Waals surface area contributed by atoms with Gasteiger partial charge in [-0.15, -0.1) is 0 Å². The molecule has 8 nitrogen and oxygen atoms in total. The Morgan fingerprint density at radius 1 is 0.536 bits per heavy atom. The van der Waals surface area contributed by atoms with E-state index in [1.165, 1.54) is 180 Å². The molecule has 0 aliphatic rings. The topological polar surface area (TPSA) is 105 Å². The predicted molar refractivity (Wildman–Crippen MR) is 240 cm³/mol. The molecule has 3 atom stereocenters. The maximum absolute atomic E-state index is 12.9. The van der Waals surface area contributed by atoms with Crippen molar-refractivity contribution in [2.24, 2.45) is 0 Å². The number of likely N-dealkylation sites (N-methyl/N-ethyl adjacent to an activating group) is 1. The summed E-state index contributed by atoms with van der Waals surface area (Å²) in [5.41, 5.74) is 0. The lowest BCUT2D eigenvalue weighted by atomic mass is 10.0. The molecule has 56 heavy (non-hydrogen) atoms. The van der Waals surface area contributed by atoms with Crippen LogP contribution in [0.4, 0.5) is 0 Å². The number of rotatable bonds is 45. The van der Waals surface area contributed by atoms with Crippen LogP contribution in [0.15, 0.2) is 0 Å². The van der Waals surface area contributed by atoms with Gasteiger partial charge in [-0.1, -0.05) is 226 Å². The third-order valence-electron chi connectivity index (χ3n) is 11.4. The quantitative estimate of drug-likeness (QED) is 0.0321. The van der Waals surface area contributed by atoms with Crippen LogP contribution in [0.2, 0.25) is 0 Å². The third kappa shape index (κ3) is 41.7. The van der Waals surface area contributed by atoms with E-state index in [9.17, 15) is 19.4 Å². The fourth-order valence-electron chi connectivity index (χ4n) is 7.46. The fraction of sp³-hybridized carbons (Fsp3) is 0.979. The van der Waals surface area contributed by atoms with E-state index in [1.54, 1.807) is 0 Å². The van der Waals surface area contributed by atoms with Crippen molar-refractivity contribution in [2.75, 3.05) is 40.9 Å². The van der Waals surface area contributed by atoms with Crippen LogP contribution in [-0.4, -0.2) is 73.4 Å². The van der Waals surface area contributed by atoms with Crippen molar-refractivity contribution in [3.8, 4) is 0 Å². The second kappa shape index (κ2) is 39.9. The Balaban J connectivity index is 4.17. The molecular weight excluding hydrogens is 719 g/mol. The maximum atomic E-state index is 12.9. The molecule has 0 heterocycles. The van der Waals surface area contributed by atoms with Crippen LogP contribution in [0.3, 0.4) is 0 Å². The lowest BCUT2D eigenvalue weighted by Crippen LogP contribution is -2.46. The van der Waals surface area contributed by atoms with Gasteiger partial charge >= 0.3 is 7.82 Å². The molecule has 0 saturated carbocycles. The minimum absolute atomic E-state index is 0.0786. The summed E-state index contributed by atoms with van der Waals surface area (Å²) in [5.74, 6) is -0.140. The molecule has 0 spiro atoms. The Hall–Kier alpha value is -0.500. The highest BCUT2D eigenvalue weighted by molar-refractivity contribution is 7.47. The minimum Gasteiger partial charge on any atom is -0.391 e. The van der Waals surface area contributed by atoms with Crippen molar-refractivity contribution in [3.63, 3.8) is 0 Å². The number of aliphatic hydroxyl groups excluding tert-OH is 1. The fourth-order valence-corrected chi connectivity index (χ4v) is 8.20. The van der Waals surface area contributed by atoms with Crippen molar-refractivity contribution >= 4 is 13.7 Å². The number of hydrogen-bond donors (Lipinski definition) is 3. The molecule has 0 bridgehead atoms. The number of quaternary nitrogens is 1. The van der Waals surface area contributed by atoms with Crippen molar-refractivity contribution < 1.29 is 32.9 Å². The van der Waals surface area contributed by atoms with Crippen LogP contribution in [0.25, 0.3) is 0 Å². The second-order valence-electron chi connectivity index (χ2n) is 18.2. The Morgan fingerprint density at radius 3 is 1.20 bits per heavy atom. The summed E-state index contributed by atoms with van der Waals surface area (Å²) in [6.45, 7) is 4.91. The maximum Gasteiger partial charge on any atom is 0.472 e. The van der Waals surface area contributed by atoms with Crippen LogP contribution in [0.1, 0.15) is 245 Å². The summed E-state index contributed by atoms with van der Waals surface area (Å²) in [4.78, 5) is 23.2. The van der Waals surface area contributed by atoms with Crippen LogP contribution < -0.4 is 5.32 Å². The summed E-state index contributed by atoms with van der Waals surface area (Å²) in [5, 5.41) is 14.0. The van der Waals surface area contributed by atoms with Gasteiger partial charge in [0.25, 0.3) is 0 Å². The van der Waals surface area contributed by atoms with Gasteiger partial charge in [-0.3, -0.25) is 13.8 Å². The molecule has 0 radical (unpaired) electrons. The standard InChI is InChI=1S/C47H97N2O6P/c1-6-8-10-12-14-16-18-20-21-22-23-24-25-26-27-28-29-31-33-35-37-39-41-47(51)48-45(44-55-56(52,53)54-43-42-49(3,4)5)46(50)40-38-36-34-32-30-19-17-15-13-11-9-7-2/h45-46,50H,6-44H2,1-5H3,(H-,48,51,52,53)/p+1. The first-order chi connectivity index (χ1) is 27.0. The van der Waals surface area contributed by atoms with Gasteiger partial charge in [0.2, 0.25) is 5.91 Å². The first-order valence-electron chi connectivity index (χ1n) is 24.4. The number of phosphoric ester groups is 1. The van der Waals surface area contributed by atoms with E-state index in [2.05, 4.69) is 19.2 Å². The van der Waals surface area contributed by atoms with E-state index in [-0.39, 0.29) is 19.1 Å². The Bertz CT molecular complexity index is 885. The normalized spacial score (nSPS) is 14.2. The van der Waals surface area contributed by atoms with E-state index >= 15 is 0 Å². The van der Waals surface area contributed by atoms with Gasteiger partial charge in [0.1, 0.15) is 13.2 Å². The van der Waals surface area contributed by atoms with Crippen LogP contribution in [0, 0.1) is 0 Å². The van der Waals surface area contributed by atoms with Gasteiger partial charge in [-0.25, -0.2) is 4.57 Å². The van der Waals surface area contributed by atoms with Crippen molar-refractivity contribution in [3.05, 3.63) is 0 Å². The molecule has 1 amide bonds. The first kappa shape index (κ1) is 55.5. The number of hydrogen-bond acceptors (Lipinski definition) is 5. The van der Waals surface area contributed by atoms with Crippen LogP contribution in [-0.2, 0) is 18.4 Å². The largest absolute Gasteiger partial charge is 0.472 e. The van der Waals surface area contributed by atoms with Crippen molar-refractivity contribution in [1.82, 2.24) is 5.32 Å². The second-order valence-corrected chi connectivity index (χ2v) is 19.7. The molecule has 0 saturated heterocycles. The van der Waals surface area contributed by atoms with E-state index in [1.807, 2.05) is 21.1 Å². The summed E-state index contributed by atoms with van der Waals surface area (Å²) >= 11 is 0. The van der Waals surface area contributed by atoms with E-state index in [4.69, 9.17) is 9.05 Å². The number of amides is 1. The Kier molecular flexibility index (Phi) is 39.6. The summed E-state index contributed by atoms with van der Waals surface area (Å²) in [6.07, 6.45) is 44.2. The average Bonchev–Trinajstić information content (AvgIpc) is 3.15. The molecule has 9 heteroatoms. The zero-order valence-electron chi connectivity index (χ0n) is 38.2. The van der Waals surface area contributed by atoms with Gasteiger partial charge < -0.3 is 19.8 Å². The zero-order chi connectivity index (χ0) is 41.4. The third-order valence-corrected chi connectivity index (χ3v) is 12.3. The van der Waals surface area contributed by atoms with Crippen molar-refractivity contribution in [1.29, 1.82) is 0 Å². The number of nitrogens with one attached hydrogen (secondary N) is 1. The molecule has 0 aliphatic carbocycles. The molecule has 336 valence electrons. The van der Waals surface area contributed by atoms with Gasteiger partial charge in [0.05, 0.1) is 39.9 Å². The highest BCUT2D eigenvalue weighted by Gasteiger charge is 2.28. The van der Waals surface area contributed by atoms with Gasteiger partial charge in [-0.2, -0.15) is 0 Å². The number of aliphatic hydroxyl groups is 1. The SMILES string of the molecule is CCCCCCCCCCCCCCCCCCCCCCCCC(=O)NC(COP(=O)(O)OCC[N+](C)(C)C)C(O)CCCCCCCCCCCCCC. The highest BCUT2D eigenvalue weighted by atomic mass is 31.2. The Morgan fingerprint density at radius 2 is 0.857 bits per heavy atom. The molecular formula is C47H98N2O6P+. The predicted octanol–water partition coefficient (Wildman–Crippen LogP) is 13.8. The number of carbonyl (C=O) groups is 1. The summed E-state index contributed by atoms with van der Waals surface area (Å²) in [7, 11) is 1.63. The number of nitrogens with zero attached hydrogens (tertiary/aromatic N) is 1. The molecule has 3 N–H and O–H groups in total.